The van der Waals surface area contributed by atoms with Crippen molar-refractivity contribution >= 4 is 23.7 Å². The van der Waals surface area contributed by atoms with E-state index in [4.69, 9.17) is 18.9 Å². The third kappa shape index (κ3) is 6.35. The highest BCUT2D eigenvalue weighted by atomic mass is 16.8. The molecule has 6 fully saturated rings. The standard InChI is InChI=1S/C42H62O15/c1-37(2)23-8-11-42(7)32(22(44)16-19-20-18-39(4,36(52)53)13-12-38(20,3)14-15-41(19,42)6)40(23,5)10-9-24(37)54-35-31(28(47)27(46)30(57-35)34(50)51)56-25-17-21(43)26(45)29(55-25)33(48)49/h16,20-21,23-32,35,43,45-47H,8-15,17-18H2,1-7H3,(H,48,49)(H,50,51)(H,52,53)/t20-,21+,23?,24-,25-,26-,27-,28-,29-,30-,31+,32+,35-,38+,39-,40-,41+,42+/m0/s1. The van der Waals surface area contributed by atoms with E-state index in [0.717, 1.165) is 37.7 Å². The smallest absolute Gasteiger partial charge is 0.335 e. The normalized spacial score (nSPS) is 51.9. The van der Waals surface area contributed by atoms with E-state index < -0.39 is 107 Å². The fourth-order valence-corrected chi connectivity index (χ4v) is 13.4. The second kappa shape index (κ2) is 14.0. The minimum Gasteiger partial charge on any atom is -0.481 e. The Morgan fingerprint density at radius 1 is 0.754 bits per heavy atom. The van der Waals surface area contributed by atoms with E-state index in [1.54, 1.807) is 0 Å². The molecule has 0 spiro atoms. The van der Waals surface area contributed by atoms with Crippen LogP contribution in [0.15, 0.2) is 11.6 Å². The fraction of sp³-hybridized carbons (Fsp3) is 0.857. The van der Waals surface area contributed by atoms with Crippen molar-refractivity contribution in [2.75, 3.05) is 0 Å². The summed E-state index contributed by atoms with van der Waals surface area (Å²) in [6, 6.07) is 0. The summed E-state index contributed by atoms with van der Waals surface area (Å²) >= 11 is 0. The number of carbonyl (C=O) groups excluding carboxylic acids is 1. The number of aliphatic carboxylic acids is 3. The van der Waals surface area contributed by atoms with E-state index in [1.807, 2.05) is 13.0 Å². The minimum absolute atomic E-state index is 0.00422. The Morgan fingerprint density at radius 2 is 1.39 bits per heavy atom. The van der Waals surface area contributed by atoms with Gasteiger partial charge in [0.1, 0.15) is 24.4 Å². The molecule has 2 heterocycles. The number of hydrogen-bond donors (Lipinski definition) is 7. The van der Waals surface area contributed by atoms with Crippen LogP contribution in [0.2, 0.25) is 0 Å². The second-order valence-electron chi connectivity index (χ2n) is 20.5. The highest BCUT2D eigenvalue weighted by molar-refractivity contribution is 5.95. The summed E-state index contributed by atoms with van der Waals surface area (Å²) in [7, 11) is 0. The van der Waals surface area contributed by atoms with Crippen molar-refractivity contribution in [3.05, 3.63) is 11.6 Å². The first-order valence-electron chi connectivity index (χ1n) is 20.6. The SMILES string of the molecule is CC1(C)C2CC[C@]3(C)[C@H](C(=O)C=C4[C@@H]5C[C@@](C)(C(=O)O)CC[C@]5(C)CC[C@]43C)[C@@]2(C)CC[C@@H]1O[C@H]1O[C@H](C(=O)O)[C@@H](O)[C@H](O)[C@H]1O[C@H]1C[C@@H](O)[C@H](O)[C@@H](C(=O)O)O1. The molecule has 0 bridgehead atoms. The van der Waals surface area contributed by atoms with E-state index in [9.17, 15) is 54.9 Å². The summed E-state index contributed by atoms with van der Waals surface area (Å²) in [6.07, 6.45) is -8.31. The van der Waals surface area contributed by atoms with Gasteiger partial charge in [0.05, 0.1) is 17.6 Å². The van der Waals surface area contributed by atoms with Gasteiger partial charge in [-0.25, -0.2) is 9.59 Å². The topological polar surface area (TPSA) is 247 Å². The van der Waals surface area contributed by atoms with Crippen LogP contribution in [0, 0.1) is 50.2 Å². The quantitative estimate of drug-likeness (QED) is 0.183. The number of ketones is 1. The monoisotopic (exact) mass is 806 g/mol. The maximum Gasteiger partial charge on any atom is 0.335 e. The maximum absolute atomic E-state index is 14.8. The van der Waals surface area contributed by atoms with Gasteiger partial charge >= 0.3 is 17.9 Å². The fourth-order valence-electron chi connectivity index (χ4n) is 13.4. The lowest BCUT2D eigenvalue weighted by atomic mass is 9.33. The van der Waals surface area contributed by atoms with E-state index in [-0.39, 0.29) is 34.4 Å². The summed E-state index contributed by atoms with van der Waals surface area (Å²) in [5.41, 5.74) is -1.62. The number of carboxylic acids is 3. The summed E-state index contributed by atoms with van der Waals surface area (Å²) in [6.45, 7) is 15.0. The molecule has 7 rings (SSSR count). The van der Waals surface area contributed by atoms with Crippen molar-refractivity contribution in [1.82, 2.24) is 0 Å². The van der Waals surface area contributed by atoms with Crippen LogP contribution in [-0.4, -0.2) is 121 Å². The van der Waals surface area contributed by atoms with Crippen LogP contribution in [-0.2, 0) is 38.1 Å². The average Bonchev–Trinajstić information content (AvgIpc) is 3.11. The van der Waals surface area contributed by atoms with Crippen LogP contribution < -0.4 is 0 Å². The molecule has 0 aromatic rings. The first kappa shape index (κ1) is 42.6. The van der Waals surface area contributed by atoms with Crippen LogP contribution in [0.25, 0.3) is 0 Å². The van der Waals surface area contributed by atoms with Crippen LogP contribution in [0.3, 0.4) is 0 Å². The van der Waals surface area contributed by atoms with Gasteiger partial charge in [0, 0.05) is 12.3 Å². The molecule has 0 aromatic carbocycles. The summed E-state index contributed by atoms with van der Waals surface area (Å²) in [5.74, 6) is -4.18. The van der Waals surface area contributed by atoms with E-state index in [2.05, 4.69) is 41.5 Å². The molecule has 320 valence electrons. The molecule has 7 aliphatic rings. The van der Waals surface area contributed by atoms with Crippen molar-refractivity contribution in [2.24, 2.45) is 50.2 Å². The lowest BCUT2D eigenvalue weighted by Crippen LogP contribution is -2.67. The zero-order valence-corrected chi connectivity index (χ0v) is 34.1. The first-order chi connectivity index (χ1) is 26.3. The predicted octanol–water partition coefficient (Wildman–Crippen LogP) is 3.27. The number of hydrogen-bond acceptors (Lipinski definition) is 12. The molecule has 1 unspecified atom stereocenters. The highest BCUT2D eigenvalue weighted by Crippen LogP contribution is 2.75. The van der Waals surface area contributed by atoms with Crippen LogP contribution in [0.4, 0.5) is 0 Å². The van der Waals surface area contributed by atoms with Crippen molar-refractivity contribution in [3.63, 3.8) is 0 Å². The van der Waals surface area contributed by atoms with Gasteiger partial charge in [-0.1, -0.05) is 47.1 Å². The zero-order chi connectivity index (χ0) is 42.0. The maximum atomic E-state index is 14.8. The Hall–Kier alpha value is -2.50. The lowest BCUT2D eigenvalue weighted by molar-refractivity contribution is -0.358. The van der Waals surface area contributed by atoms with Gasteiger partial charge in [-0.3, -0.25) is 9.59 Å². The molecule has 18 atom stereocenters. The Labute approximate surface area is 333 Å². The van der Waals surface area contributed by atoms with E-state index in [1.165, 1.54) is 0 Å². The molecular formula is C42H62O15. The molecule has 15 heteroatoms. The first-order valence-corrected chi connectivity index (χ1v) is 20.6. The van der Waals surface area contributed by atoms with Gasteiger partial charge in [-0.05, 0) is 110 Å². The molecule has 0 radical (unpaired) electrons. The van der Waals surface area contributed by atoms with E-state index in [0.29, 0.717) is 25.7 Å². The van der Waals surface area contributed by atoms with Gasteiger partial charge in [-0.2, -0.15) is 0 Å². The minimum atomic E-state index is -1.96. The summed E-state index contributed by atoms with van der Waals surface area (Å²) in [5, 5.41) is 72.3. The number of carbonyl (C=O) groups is 4. The van der Waals surface area contributed by atoms with Crippen molar-refractivity contribution < 1.29 is 73.9 Å². The number of carboxylic acid groups (broad SMARTS) is 3. The zero-order valence-electron chi connectivity index (χ0n) is 34.1. The van der Waals surface area contributed by atoms with Crippen LogP contribution in [0.1, 0.15) is 113 Å². The molecule has 0 aromatic heterocycles. The molecule has 5 aliphatic carbocycles. The number of rotatable bonds is 7. The molecule has 0 amide bonds. The van der Waals surface area contributed by atoms with Crippen LogP contribution >= 0.6 is 0 Å². The molecule has 4 saturated carbocycles. The van der Waals surface area contributed by atoms with Crippen molar-refractivity contribution in [3.8, 4) is 0 Å². The molecule has 2 saturated heterocycles. The van der Waals surface area contributed by atoms with Crippen molar-refractivity contribution in [1.29, 1.82) is 0 Å². The number of ether oxygens (including phenoxy) is 4. The number of fused-ring (bicyclic) bond motifs is 7. The summed E-state index contributed by atoms with van der Waals surface area (Å²) in [4.78, 5) is 51.3. The molecule has 2 aliphatic heterocycles. The largest absolute Gasteiger partial charge is 0.481 e. The highest BCUT2D eigenvalue weighted by Gasteiger charge is 2.71. The predicted molar refractivity (Wildman–Crippen MR) is 198 cm³/mol. The number of aliphatic hydroxyl groups excluding tert-OH is 4. The molecular weight excluding hydrogens is 744 g/mol. The average molecular weight is 807 g/mol. The summed E-state index contributed by atoms with van der Waals surface area (Å²) < 4.78 is 23.7. The Balaban J connectivity index is 1.17. The van der Waals surface area contributed by atoms with Gasteiger partial charge in [0.2, 0.25) is 0 Å². The second-order valence-corrected chi connectivity index (χ2v) is 20.5. The van der Waals surface area contributed by atoms with Gasteiger partial charge in [0.25, 0.3) is 0 Å². The van der Waals surface area contributed by atoms with Gasteiger partial charge < -0.3 is 54.7 Å². The van der Waals surface area contributed by atoms with Crippen LogP contribution in [0.5, 0.6) is 0 Å². The number of allylic oxidation sites excluding steroid dienone is 2. The Kier molecular flexibility index (Phi) is 10.5. The Morgan fingerprint density at radius 3 is 2.02 bits per heavy atom. The molecule has 7 N–H and O–H groups in total. The van der Waals surface area contributed by atoms with E-state index >= 15 is 0 Å². The molecule has 57 heavy (non-hydrogen) atoms. The van der Waals surface area contributed by atoms with Crippen molar-refractivity contribution in [2.45, 2.75) is 174 Å². The third-order valence-electron chi connectivity index (χ3n) is 17.1. The van der Waals surface area contributed by atoms with Gasteiger partial charge in [0.15, 0.2) is 30.6 Å². The number of aliphatic hydroxyl groups is 4. The molecule has 15 nitrogen and oxygen atoms in total. The lowest BCUT2D eigenvalue weighted by Gasteiger charge is -2.70. The third-order valence-corrected chi connectivity index (χ3v) is 17.1. The Bertz CT molecular complexity index is 1700. The van der Waals surface area contributed by atoms with Gasteiger partial charge in [-0.15, -0.1) is 0 Å².